The van der Waals surface area contributed by atoms with Gasteiger partial charge in [-0.1, -0.05) is 42.0 Å². The second-order valence-electron chi connectivity index (χ2n) is 6.26. The second kappa shape index (κ2) is 10.2. The quantitative estimate of drug-likeness (QED) is 0.680. The van der Waals surface area contributed by atoms with Crippen molar-refractivity contribution in [3.05, 3.63) is 65.2 Å². The van der Waals surface area contributed by atoms with E-state index in [2.05, 4.69) is 42.7 Å². The van der Waals surface area contributed by atoms with Gasteiger partial charge in [0.25, 0.3) is 5.91 Å². The molecule has 2 N–H and O–H groups in total. The third kappa shape index (κ3) is 6.97. The van der Waals surface area contributed by atoms with Gasteiger partial charge in [-0.3, -0.25) is 9.59 Å². The molecule has 138 valence electrons. The van der Waals surface area contributed by atoms with Crippen molar-refractivity contribution in [3.63, 3.8) is 0 Å². The SMILES string of the molecule is Cc1ccc(CCCNC(=O)CNC(=O)COc2ccccc2)c(C)c1. The summed E-state index contributed by atoms with van der Waals surface area (Å²) in [5.74, 6) is 0.108. The summed E-state index contributed by atoms with van der Waals surface area (Å²) in [5, 5.41) is 5.37. The maximum atomic E-state index is 11.8. The molecule has 0 unspecified atom stereocenters. The summed E-state index contributed by atoms with van der Waals surface area (Å²) < 4.78 is 5.32. The molecule has 5 heteroatoms. The third-order valence-electron chi connectivity index (χ3n) is 4.00. The first-order valence-corrected chi connectivity index (χ1v) is 8.82. The van der Waals surface area contributed by atoms with E-state index < -0.39 is 0 Å². The number of aryl methyl sites for hydroxylation is 3. The van der Waals surface area contributed by atoms with Crippen molar-refractivity contribution >= 4 is 11.8 Å². The Morgan fingerprint density at radius 2 is 1.73 bits per heavy atom. The fourth-order valence-electron chi connectivity index (χ4n) is 2.59. The Morgan fingerprint density at radius 3 is 2.46 bits per heavy atom. The summed E-state index contributed by atoms with van der Waals surface area (Å²) in [5.41, 5.74) is 3.84. The van der Waals surface area contributed by atoms with Crippen molar-refractivity contribution in [2.75, 3.05) is 19.7 Å². The molecular formula is C21H26N2O3. The lowest BCUT2D eigenvalue weighted by Crippen LogP contribution is -2.39. The molecule has 0 atom stereocenters. The number of carbonyl (C=O) groups is 2. The predicted octanol–water partition coefficient (Wildman–Crippen LogP) is 2.55. The van der Waals surface area contributed by atoms with E-state index in [4.69, 9.17) is 4.74 Å². The van der Waals surface area contributed by atoms with Crippen LogP contribution in [-0.4, -0.2) is 31.5 Å². The average Bonchev–Trinajstić information content (AvgIpc) is 2.64. The molecule has 2 aromatic carbocycles. The van der Waals surface area contributed by atoms with Gasteiger partial charge in [0.1, 0.15) is 5.75 Å². The van der Waals surface area contributed by atoms with Crippen LogP contribution in [0, 0.1) is 13.8 Å². The van der Waals surface area contributed by atoms with Crippen LogP contribution >= 0.6 is 0 Å². The van der Waals surface area contributed by atoms with Crippen molar-refractivity contribution in [1.82, 2.24) is 10.6 Å². The molecule has 26 heavy (non-hydrogen) atoms. The van der Waals surface area contributed by atoms with Gasteiger partial charge in [0.15, 0.2) is 6.61 Å². The highest BCUT2D eigenvalue weighted by Crippen LogP contribution is 2.12. The van der Waals surface area contributed by atoms with E-state index in [1.165, 1.54) is 16.7 Å². The molecule has 0 heterocycles. The molecule has 0 saturated heterocycles. The zero-order valence-electron chi connectivity index (χ0n) is 15.4. The summed E-state index contributed by atoms with van der Waals surface area (Å²) in [6.45, 7) is 4.62. The molecule has 0 aliphatic heterocycles. The minimum atomic E-state index is -0.320. The maximum Gasteiger partial charge on any atom is 0.258 e. The zero-order chi connectivity index (χ0) is 18.8. The third-order valence-corrected chi connectivity index (χ3v) is 4.00. The number of benzene rings is 2. The zero-order valence-corrected chi connectivity index (χ0v) is 15.4. The predicted molar refractivity (Wildman–Crippen MR) is 102 cm³/mol. The number of hydrogen-bond donors (Lipinski definition) is 2. The molecule has 2 amide bonds. The first-order chi connectivity index (χ1) is 12.5. The highest BCUT2D eigenvalue weighted by atomic mass is 16.5. The smallest absolute Gasteiger partial charge is 0.258 e. The fourth-order valence-corrected chi connectivity index (χ4v) is 2.59. The van der Waals surface area contributed by atoms with Gasteiger partial charge in [-0.15, -0.1) is 0 Å². The number of carbonyl (C=O) groups excluding carboxylic acids is 2. The summed E-state index contributed by atoms with van der Waals surface area (Å²) in [4.78, 5) is 23.5. The number of hydrogen-bond acceptors (Lipinski definition) is 3. The van der Waals surface area contributed by atoms with E-state index >= 15 is 0 Å². The molecule has 5 nitrogen and oxygen atoms in total. The molecule has 0 spiro atoms. The monoisotopic (exact) mass is 354 g/mol. The highest BCUT2D eigenvalue weighted by molar-refractivity contribution is 5.85. The molecule has 0 bridgehead atoms. The van der Waals surface area contributed by atoms with Crippen molar-refractivity contribution in [3.8, 4) is 5.75 Å². The number of amides is 2. The lowest BCUT2D eigenvalue weighted by atomic mass is 10.0. The van der Waals surface area contributed by atoms with Crippen LogP contribution in [0.4, 0.5) is 0 Å². The van der Waals surface area contributed by atoms with Gasteiger partial charge in [0.2, 0.25) is 5.91 Å². The summed E-state index contributed by atoms with van der Waals surface area (Å²) in [6.07, 6.45) is 1.78. The van der Waals surface area contributed by atoms with Crippen LogP contribution in [0.25, 0.3) is 0 Å². The molecule has 0 radical (unpaired) electrons. The Hall–Kier alpha value is -2.82. The number of rotatable bonds is 9. The molecular weight excluding hydrogens is 328 g/mol. The van der Waals surface area contributed by atoms with Gasteiger partial charge in [-0.05, 0) is 49.9 Å². The Labute approximate surface area is 154 Å². The van der Waals surface area contributed by atoms with Crippen LogP contribution in [0.15, 0.2) is 48.5 Å². The molecule has 0 saturated carbocycles. The lowest BCUT2D eigenvalue weighted by molar-refractivity contribution is -0.127. The van der Waals surface area contributed by atoms with Gasteiger partial charge >= 0.3 is 0 Å². The van der Waals surface area contributed by atoms with E-state index in [1.54, 1.807) is 12.1 Å². The van der Waals surface area contributed by atoms with E-state index in [0.29, 0.717) is 12.3 Å². The van der Waals surface area contributed by atoms with Crippen LogP contribution in [0.3, 0.4) is 0 Å². The van der Waals surface area contributed by atoms with Crippen LogP contribution in [0.1, 0.15) is 23.1 Å². The summed E-state index contributed by atoms with van der Waals surface area (Å²) in [6, 6.07) is 15.5. The van der Waals surface area contributed by atoms with Crippen molar-refractivity contribution in [2.45, 2.75) is 26.7 Å². The lowest BCUT2D eigenvalue weighted by Gasteiger charge is -2.09. The van der Waals surface area contributed by atoms with Gasteiger partial charge in [0.05, 0.1) is 6.54 Å². The largest absolute Gasteiger partial charge is 0.484 e. The molecule has 0 aliphatic rings. The first-order valence-electron chi connectivity index (χ1n) is 8.82. The van der Waals surface area contributed by atoms with Crippen LogP contribution in [0.2, 0.25) is 0 Å². The number of nitrogens with one attached hydrogen (secondary N) is 2. The van der Waals surface area contributed by atoms with Gasteiger partial charge in [0, 0.05) is 6.54 Å². The Morgan fingerprint density at radius 1 is 0.962 bits per heavy atom. The highest BCUT2D eigenvalue weighted by Gasteiger charge is 2.06. The van der Waals surface area contributed by atoms with E-state index in [-0.39, 0.29) is 25.0 Å². The van der Waals surface area contributed by atoms with Gasteiger partial charge in [-0.2, -0.15) is 0 Å². The van der Waals surface area contributed by atoms with Crippen LogP contribution in [-0.2, 0) is 16.0 Å². The molecule has 0 aliphatic carbocycles. The van der Waals surface area contributed by atoms with Gasteiger partial charge in [-0.25, -0.2) is 0 Å². The fraction of sp³-hybridized carbons (Fsp3) is 0.333. The van der Waals surface area contributed by atoms with Crippen LogP contribution in [0.5, 0.6) is 5.75 Å². The minimum absolute atomic E-state index is 0.0411. The topological polar surface area (TPSA) is 67.4 Å². The standard InChI is InChI=1S/C21H26N2O3/c1-16-10-11-18(17(2)13-16)7-6-12-22-20(24)14-23-21(25)15-26-19-8-4-3-5-9-19/h3-5,8-11,13H,6-7,12,14-15H2,1-2H3,(H,22,24)(H,23,25). The Balaban J connectivity index is 1.57. The van der Waals surface area contributed by atoms with Crippen molar-refractivity contribution < 1.29 is 14.3 Å². The van der Waals surface area contributed by atoms with E-state index in [1.807, 2.05) is 18.2 Å². The minimum Gasteiger partial charge on any atom is -0.484 e. The normalized spacial score (nSPS) is 10.2. The first kappa shape index (κ1) is 19.5. The van der Waals surface area contributed by atoms with E-state index in [9.17, 15) is 9.59 Å². The maximum absolute atomic E-state index is 11.8. The molecule has 2 rings (SSSR count). The van der Waals surface area contributed by atoms with E-state index in [0.717, 1.165) is 12.8 Å². The summed E-state index contributed by atoms with van der Waals surface area (Å²) >= 11 is 0. The second-order valence-corrected chi connectivity index (χ2v) is 6.26. The Bertz CT molecular complexity index is 729. The molecule has 2 aromatic rings. The van der Waals surface area contributed by atoms with Crippen LogP contribution < -0.4 is 15.4 Å². The Kier molecular flexibility index (Phi) is 7.68. The molecule has 0 aromatic heterocycles. The van der Waals surface area contributed by atoms with Crippen molar-refractivity contribution in [1.29, 1.82) is 0 Å². The molecule has 0 fully saturated rings. The van der Waals surface area contributed by atoms with Crippen molar-refractivity contribution in [2.24, 2.45) is 0 Å². The van der Waals surface area contributed by atoms with Gasteiger partial charge < -0.3 is 15.4 Å². The number of para-hydroxylation sites is 1. The average molecular weight is 354 g/mol. The number of ether oxygens (including phenoxy) is 1. The summed E-state index contributed by atoms with van der Waals surface area (Å²) in [7, 11) is 0.